The maximum atomic E-state index is 11.3. The number of aromatic carboxylic acids is 1. The molecule has 2 unspecified atom stereocenters. The molecule has 1 N–H and O–H groups in total. The second-order valence-electron chi connectivity index (χ2n) is 4.97. The number of benzene rings is 1. The van der Waals surface area contributed by atoms with Crippen LogP contribution in [-0.4, -0.2) is 36.4 Å². The highest BCUT2D eigenvalue weighted by Crippen LogP contribution is 2.26. The summed E-state index contributed by atoms with van der Waals surface area (Å²) in [6, 6.07) is 5.77. The van der Waals surface area contributed by atoms with Crippen LogP contribution in [-0.2, 0) is 4.74 Å². The van der Waals surface area contributed by atoms with Crippen LogP contribution in [0.15, 0.2) is 18.2 Å². The Morgan fingerprint density at radius 2 is 2.17 bits per heavy atom. The molecule has 2 rings (SSSR count). The van der Waals surface area contributed by atoms with Crippen molar-refractivity contribution in [3.05, 3.63) is 29.3 Å². The zero-order valence-corrected chi connectivity index (χ0v) is 11.0. The number of hydrogen-bond donors (Lipinski definition) is 1. The lowest BCUT2D eigenvalue weighted by Crippen LogP contribution is -2.48. The van der Waals surface area contributed by atoms with Gasteiger partial charge in [0.1, 0.15) is 0 Å². The van der Waals surface area contributed by atoms with Gasteiger partial charge in [0.25, 0.3) is 0 Å². The number of carboxylic acids is 1. The summed E-state index contributed by atoms with van der Waals surface area (Å²) in [5, 5.41) is 9.31. The number of carboxylic acid groups (broad SMARTS) is 1. The van der Waals surface area contributed by atoms with Crippen molar-refractivity contribution in [3.63, 3.8) is 0 Å². The Hall–Kier alpha value is -1.55. The van der Waals surface area contributed by atoms with Gasteiger partial charge in [-0.2, -0.15) is 0 Å². The third-order valence-corrected chi connectivity index (χ3v) is 3.30. The normalized spacial score (nSPS) is 24.1. The molecule has 1 saturated heterocycles. The Kier molecular flexibility index (Phi) is 3.57. The van der Waals surface area contributed by atoms with Crippen LogP contribution in [0.3, 0.4) is 0 Å². The average molecular weight is 249 g/mol. The van der Waals surface area contributed by atoms with Gasteiger partial charge in [0.2, 0.25) is 0 Å². The summed E-state index contributed by atoms with van der Waals surface area (Å²) >= 11 is 0. The van der Waals surface area contributed by atoms with Crippen molar-refractivity contribution in [2.45, 2.75) is 32.9 Å². The summed E-state index contributed by atoms with van der Waals surface area (Å²) in [6.07, 6.45) is 0.129. The Morgan fingerprint density at radius 1 is 1.44 bits per heavy atom. The summed E-state index contributed by atoms with van der Waals surface area (Å²) in [5.41, 5.74) is 2.12. The van der Waals surface area contributed by atoms with Crippen LogP contribution in [0.25, 0.3) is 0 Å². The minimum absolute atomic E-state index is 0.129. The zero-order chi connectivity index (χ0) is 13.3. The standard InChI is InChI=1S/C14H19NO3/c1-9-4-5-13(12(6-9)14(16)17)15-7-11(3)18-8-10(15)2/h4-6,10-11H,7-8H2,1-3H3,(H,16,17). The molecular formula is C14H19NO3. The van der Waals surface area contributed by atoms with Crippen LogP contribution in [0.1, 0.15) is 29.8 Å². The Labute approximate surface area is 107 Å². The van der Waals surface area contributed by atoms with E-state index in [1.54, 1.807) is 6.07 Å². The van der Waals surface area contributed by atoms with E-state index >= 15 is 0 Å². The van der Waals surface area contributed by atoms with Crippen LogP contribution < -0.4 is 4.90 Å². The molecule has 4 heteroatoms. The number of nitrogens with zero attached hydrogens (tertiary/aromatic N) is 1. The number of carbonyl (C=O) groups is 1. The van der Waals surface area contributed by atoms with E-state index in [4.69, 9.17) is 4.74 Å². The summed E-state index contributed by atoms with van der Waals surface area (Å²) in [7, 11) is 0. The SMILES string of the molecule is Cc1ccc(N2CC(C)OCC2C)c(C(=O)O)c1. The fraction of sp³-hybridized carbons (Fsp3) is 0.500. The van der Waals surface area contributed by atoms with Crippen LogP contribution in [0.5, 0.6) is 0 Å². The first-order chi connectivity index (χ1) is 8.49. The van der Waals surface area contributed by atoms with Gasteiger partial charge in [-0.05, 0) is 32.9 Å². The Bertz CT molecular complexity index is 458. The van der Waals surface area contributed by atoms with Gasteiger partial charge >= 0.3 is 5.97 Å². The minimum atomic E-state index is -0.875. The first-order valence-electron chi connectivity index (χ1n) is 6.21. The number of morpholine rings is 1. The van der Waals surface area contributed by atoms with Gasteiger partial charge in [-0.3, -0.25) is 0 Å². The summed E-state index contributed by atoms with van der Waals surface area (Å²) in [4.78, 5) is 13.5. The molecule has 1 aromatic rings. The molecule has 1 heterocycles. The fourth-order valence-corrected chi connectivity index (χ4v) is 2.31. The van der Waals surface area contributed by atoms with Crippen LogP contribution >= 0.6 is 0 Å². The summed E-state index contributed by atoms with van der Waals surface area (Å²) in [6.45, 7) is 7.32. The minimum Gasteiger partial charge on any atom is -0.478 e. The molecule has 0 amide bonds. The number of ether oxygens (including phenoxy) is 1. The van der Waals surface area contributed by atoms with E-state index in [9.17, 15) is 9.90 Å². The van der Waals surface area contributed by atoms with Crippen molar-refractivity contribution in [1.82, 2.24) is 0 Å². The zero-order valence-electron chi connectivity index (χ0n) is 11.0. The predicted octanol–water partition coefficient (Wildman–Crippen LogP) is 2.31. The average Bonchev–Trinajstić information content (AvgIpc) is 2.32. The predicted molar refractivity (Wildman–Crippen MR) is 70.4 cm³/mol. The van der Waals surface area contributed by atoms with E-state index in [-0.39, 0.29) is 12.1 Å². The lowest BCUT2D eigenvalue weighted by molar-refractivity contribution is 0.0341. The van der Waals surface area contributed by atoms with E-state index in [0.717, 1.165) is 17.8 Å². The smallest absolute Gasteiger partial charge is 0.337 e. The quantitative estimate of drug-likeness (QED) is 0.873. The van der Waals surface area contributed by atoms with Crippen LogP contribution in [0, 0.1) is 6.92 Å². The number of anilines is 1. The molecule has 4 nitrogen and oxygen atoms in total. The molecule has 2 atom stereocenters. The molecule has 0 aromatic heterocycles. The Balaban J connectivity index is 2.40. The molecule has 0 spiro atoms. The lowest BCUT2D eigenvalue weighted by Gasteiger charge is -2.39. The summed E-state index contributed by atoms with van der Waals surface area (Å²) in [5.74, 6) is -0.875. The first kappa shape index (κ1) is 12.9. The van der Waals surface area contributed by atoms with Crippen molar-refractivity contribution in [3.8, 4) is 0 Å². The third-order valence-electron chi connectivity index (χ3n) is 3.30. The maximum absolute atomic E-state index is 11.3. The molecule has 98 valence electrons. The van der Waals surface area contributed by atoms with Crippen molar-refractivity contribution >= 4 is 11.7 Å². The molecule has 1 aliphatic heterocycles. The molecule has 0 aliphatic carbocycles. The Morgan fingerprint density at radius 3 is 2.83 bits per heavy atom. The monoisotopic (exact) mass is 249 g/mol. The summed E-state index contributed by atoms with van der Waals surface area (Å²) < 4.78 is 5.58. The largest absolute Gasteiger partial charge is 0.478 e. The first-order valence-corrected chi connectivity index (χ1v) is 6.21. The van der Waals surface area contributed by atoms with Gasteiger partial charge in [0, 0.05) is 12.6 Å². The van der Waals surface area contributed by atoms with E-state index in [2.05, 4.69) is 11.8 Å². The van der Waals surface area contributed by atoms with Gasteiger partial charge in [0.15, 0.2) is 0 Å². The van der Waals surface area contributed by atoms with Gasteiger partial charge < -0.3 is 14.7 Å². The molecule has 18 heavy (non-hydrogen) atoms. The van der Waals surface area contributed by atoms with Crippen LogP contribution in [0.2, 0.25) is 0 Å². The molecular weight excluding hydrogens is 230 g/mol. The topological polar surface area (TPSA) is 49.8 Å². The number of hydrogen-bond acceptors (Lipinski definition) is 3. The second kappa shape index (κ2) is 4.98. The number of aryl methyl sites for hydroxylation is 1. The lowest BCUT2D eigenvalue weighted by atomic mass is 10.1. The molecule has 1 fully saturated rings. The maximum Gasteiger partial charge on any atom is 0.337 e. The van der Waals surface area contributed by atoms with Crippen molar-refractivity contribution in [2.24, 2.45) is 0 Å². The molecule has 0 saturated carbocycles. The van der Waals surface area contributed by atoms with Crippen LogP contribution in [0.4, 0.5) is 5.69 Å². The van der Waals surface area contributed by atoms with E-state index in [0.29, 0.717) is 12.2 Å². The molecule has 1 aliphatic rings. The highest BCUT2D eigenvalue weighted by molar-refractivity contribution is 5.94. The second-order valence-corrected chi connectivity index (χ2v) is 4.97. The van der Waals surface area contributed by atoms with Gasteiger partial charge in [-0.15, -0.1) is 0 Å². The number of rotatable bonds is 2. The highest BCUT2D eigenvalue weighted by Gasteiger charge is 2.26. The van der Waals surface area contributed by atoms with Crippen molar-refractivity contribution in [2.75, 3.05) is 18.1 Å². The van der Waals surface area contributed by atoms with E-state index in [1.165, 1.54) is 0 Å². The fourth-order valence-electron chi connectivity index (χ4n) is 2.31. The van der Waals surface area contributed by atoms with Gasteiger partial charge in [0.05, 0.1) is 24.0 Å². The van der Waals surface area contributed by atoms with Crippen molar-refractivity contribution < 1.29 is 14.6 Å². The van der Waals surface area contributed by atoms with E-state index < -0.39 is 5.97 Å². The molecule has 0 radical (unpaired) electrons. The molecule has 0 bridgehead atoms. The van der Waals surface area contributed by atoms with Crippen molar-refractivity contribution in [1.29, 1.82) is 0 Å². The molecule has 1 aromatic carbocycles. The highest BCUT2D eigenvalue weighted by atomic mass is 16.5. The van der Waals surface area contributed by atoms with Gasteiger partial charge in [-0.25, -0.2) is 4.79 Å². The third kappa shape index (κ3) is 2.48. The van der Waals surface area contributed by atoms with Gasteiger partial charge in [-0.1, -0.05) is 11.6 Å². The van der Waals surface area contributed by atoms with E-state index in [1.807, 2.05) is 26.0 Å².